The molecule has 0 radical (unpaired) electrons. The molecule has 2 nitrogen and oxygen atoms in total. The first-order chi connectivity index (χ1) is 14.6. The highest BCUT2D eigenvalue weighted by molar-refractivity contribution is 5.91. The third-order valence-corrected chi connectivity index (χ3v) is 6.55. The molecule has 3 rings (SSSR count). The summed E-state index contributed by atoms with van der Waals surface area (Å²) < 4.78 is 5.51. The molecule has 0 aliphatic heterocycles. The van der Waals surface area contributed by atoms with Crippen LogP contribution in [0.3, 0.4) is 0 Å². The van der Waals surface area contributed by atoms with Gasteiger partial charge in [0.1, 0.15) is 5.75 Å². The third-order valence-electron chi connectivity index (χ3n) is 6.55. The molecule has 30 heavy (non-hydrogen) atoms. The van der Waals surface area contributed by atoms with Gasteiger partial charge in [-0.3, -0.25) is 0 Å². The van der Waals surface area contributed by atoms with Crippen LogP contribution in [0.15, 0.2) is 54.6 Å². The summed E-state index contributed by atoms with van der Waals surface area (Å²) in [6.07, 6.45) is 12.4. The molecular formula is C28H36O2. The maximum atomic E-state index is 12.4. The van der Waals surface area contributed by atoms with Crippen LogP contribution in [-0.2, 0) is 6.42 Å². The van der Waals surface area contributed by atoms with Crippen LogP contribution in [0.5, 0.6) is 5.75 Å². The second-order valence-corrected chi connectivity index (χ2v) is 8.70. The van der Waals surface area contributed by atoms with E-state index in [1.54, 1.807) is 0 Å². The van der Waals surface area contributed by atoms with Crippen molar-refractivity contribution in [3.8, 4) is 5.75 Å². The minimum Gasteiger partial charge on any atom is -0.423 e. The average molecular weight is 405 g/mol. The predicted molar refractivity (Wildman–Crippen MR) is 126 cm³/mol. The van der Waals surface area contributed by atoms with Gasteiger partial charge in [-0.25, -0.2) is 4.79 Å². The lowest BCUT2D eigenvalue weighted by Gasteiger charge is -2.27. The molecule has 1 aliphatic rings. The highest BCUT2D eigenvalue weighted by atomic mass is 16.5. The van der Waals surface area contributed by atoms with Crippen molar-refractivity contribution in [3.05, 3.63) is 71.3 Å². The van der Waals surface area contributed by atoms with Crippen LogP contribution in [0.1, 0.15) is 87.2 Å². The SMILES string of the molecule is CCCCCC(C)C1CC=C(c2ccc(C(=O)Oc3ccc(CC)cc3)cc2)CC1. The molecule has 160 valence electrons. The van der Waals surface area contributed by atoms with Gasteiger partial charge in [-0.2, -0.15) is 0 Å². The first-order valence-electron chi connectivity index (χ1n) is 11.7. The van der Waals surface area contributed by atoms with Gasteiger partial charge in [0.25, 0.3) is 0 Å². The molecule has 0 spiro atoms. The highest BCUT2D eigenvalue weighted by Crippen LogP contribution is 2.35. The van der Waals surface area contributed by atoms with Gasteiger partial charge in [0, 0.05) is 0 Å². The van der Waals surface area contributed by atoms with E-state index in [4.69, 9.17) is 4.74 Å². The Labute approximate surface area is 182 Å². The van der Waals surface area contributed by atoms with E-state index in [0.29, 0.717) is 11.3 Å². The molecule has 2 aromatic carbocycles. The maximum Gasteiger partial charge on any atom is 0.343 e. The maximum absolute atomic E-state index is 12.4. The van der Waals surface area contributed by atoms with Gasteiger partial charge in [0.05, 0.1) is 5.56 Å². The largest absolute Gasteiger partial charge is 0.423 e. The summed E-state index contributed by atoms with van der Waals surface area (Å²) in [5.41, 5.74) is 4.48. The number of benzene rings is 2. The fourth-order valence-corrected chi connectivity index (χ4v) is 4.37. The lowest BCUT2D eigenvalue weighted by Crippen LogP contribution is -2.14. The summed E-state index contributed by atoms with van der Waals surface area (Å²) in [5.74, 6) is 1.93. The average Bonchev–Trinajstić information content (AvgIpc) is 2.80. The summed E-state index contributed by atoms with van der Waals surface area (Å²) in [6, 6.07) is 15.6. The number of carbonyl (C=O) groups excluding carboxylic acids is 1. The van der Waals surface area contributed by atoms with E-state index >= 15 is 0 Å². The molecule has 2 aromatic rings. The molecule has 0 N–H and O–H groups in total. The van der Waals surface area contributed by atoms with Crippen LogP contribution in [0, 0.1) is 11.8 Å². The molecular weight excluding hydrogens is 368 g/mol. The molecule has 0 amide bonds. The third kappa shape index (κ3) is 6.08. The Balaban J connectivity index is 1.55. The van der Waals surface area contributed by atoms with E-state index in [0.717, 1.165) is 24.7 Å². The summed E-state index contributed by atoms with van der Waals surface area (Å²) in [7, 11) is 0. The summed E-state index contributed by atoms with van der Waals surface area (Å²) >= 11 is 0. The molecule has 0 bridgehead atoms. The number of allylic oxidation sites excluding steroid dienone is 2. The monoisotopic (exact) mass is 404 g/mol. The lowest BCUT2D eigenvalue weighted by molar-refractivity contribution is 0.0734. The van der Waals surface area contributed by atoms with Gasteiger partial charge in [-0.05, 0) is 78.5 Å². The Kier molecular flexibility index (Phi) is 8.30. The van der Waals surface area contributed by atoms with Gasteiger partial charge in [0.15, 0.2) is 0 Å². The van der Waals surface area contributed by atoms with Crippen molar-refractivity contribution in [1.29, 1.82) is 0 Å². The molecule has 0 saturated heterocycles. The van der Waals surface area contributed by atoms with Crippen molar-refractivity contribution in [3.63, 3.8) is 0 Å². The summed E-state index contributed by atoms with van der Waals surface area (Å²) in [5, 5.41) is 0. The Morgan fingerprint density at radius 2 is 1.77 bits per heavy atom. The van der Waals surface area contributed by atoms with Crippen LogP contribution in [-0.4, -0.2) is 5.97 Å². The topological polar surface area (TPSA) is 26.3 Å². The standard InChI is InChI=1S/C28H36O2/c1-4-6-7-8-21(3)23-11-13-24(14-12-23)25-15-17-26(18-16-25)28(29)30-27-19-9-22(5-2)10-20-27/h9-10,13,15-21,23H,4-8,11-12,14H2,1-3H3. The Bertz CT molecular complexity index is 830. The molecule has 0 saturated carbocycles. The second-order valence-electron chi connectivity index (χ2n) is 8.70. The van der Waals surface area contributed by atoms with Gasteiger partial charge < -0.3 is 4.74 Å². The number of hydrogen-bond acceptors (Lipinski definition) is 2. The zero-order valence-electron chi connectivity index (χ0n) is 18.8. The number of rotatable bonds is 9. The normalized spacial score (nSPS) is 17.3. The quantitative estimate of drug-likeness (QED) is 0.241. The minimum absolute atomic E-state index is 0.301. The van der Waals surface area contributed by atoms with Gasteiger partial charge >= 0.3 is 5.97 Å². The van der Waals surface area contributed by atoms with Crippen LogP contribution in [0.25, 0.3) is 5.57 Å². The number of unbranched alkanes of at least 4 members (excludes halogenated alkanes) is 2. The van der Waals surface area contributed by atoms with Crippen LogP contribution < -0.4 is 4.74 Å². The molecule has 2 heteroatoms. The number of hydrogen-bond donors (Lipinski definition) is 0. The van der Waals surface area contributed by atoms with Gasteiger partial charge in [-0.15, -0.1) is 0 Å². The number of carbonyl (C=O) groups is 1. The Morgan fingerprint density at radius 3 is 2.37 bits per heavy atom. The Hall–Kier alpha value is -2.35. The molecule has 2 unspecified atom stereocenters. The zero-order chi connectivity index (χ0) is 21.3. The predicted octanol–water partition coefficient (Wildman–Crippen LogP) is 7.87. The molecule has 1 aliphatic carbocycles. The van der Waals surface area contributed by atoms with E-state index in [2.05, 4.69) is 39.0 Å². The summed E-state index contributed by atoms with van der Waals surface area (Å²) in [6.45, 7) is 6.81. The number of esters is 1. The van der Waals surface area contributed by atoms with Crippen LogP contribution in [0.2, 0.25) is 0 Å². The van der Waals surface area contributed by atoms with Crippen LogP contribution >= 0.6 is 0 Å². The minimum atomic E-state index is -0.301. The molecule has 0 aromatic heterocycles. The van der Waals surface area contributed by atoms with Crippen molar-refractivity contribution in [2.45, 2.75) is 72.1 Å². The van der Waals surface area contributed by atoms with E-state index < -0.39 is 0 Å². The first-order valence-corrected chi connectivity index (χ1v) is 11.7. The Morgan fingerprint density at radius 1 is 1.03 bits per heavy atom. The fourth-order valence-electron chi connectivity index (χ4n) is 4.37. The van der Waals surface area contributed by atoms with Gasteiger partial charge in [-0.1, -0.05) is 76.8 Å². The first kappa shape index (κ1) is 22.3. The van der Waals surface area contributed by atoms with E-state index in [1.807, 2.05) is 36.4 Å². The summed E-state index contributed by atoms with van der Waals surface area (Å²) in [4.78, 5) is 12.4. The number of aryl methyl sites for hydroxylation is 1. The van der Waals surface area contributed by atoms with Crippen LogP contribution in [0.4, 0.5) is 0 Å². The van der Waals surface area contributed by atoms with Gasteiger partial charge in [0.2, 0.25) is 0 Å². The molecule has 0 heterocycles. The van der Waals surface area contributed by atoms with Crippen molar-refractivity contribution < 1.29 is 9.53 Å². The van der Waals surface area contributed by atoms with E-state index in [-0.39, 0.29) is 5.97 Å². The number of ether oxygens (including phenoxy) is 1. The lowest BCUT2D eigenvalue weighted by atomic mass is 9.78. The second kappa shape index (κ2) is 11.2. The van der Waals surface area contributed by atoms with Crippen molar-refractivity contribution in [1.82, 2.24) is 0 Å². The molecule has 2 atom stereocenters. The van der Waals surface area contributed by atoms with E-state index in [9.17, 15) is 4.79 Å². The van der Waals surface area contributed by atoms with E-state index in [1.165, 1.54) is 55.2 Å². The fraction of sp³-hybridized carbons (Fsp3) is 0.464. The highest BCUT2D eigenvalue weighted by Gasteiger charge is 2.21. The van der Waals surface area contributed by atoms with Crippen molar-refractivity contribution in [2.75, 3.05) is 0 Å². The van der Waals surface area contributed by atoms with Crippen molar-refractivity contribution in [2.24, 2.45) is 11.8 Å². The van der Waals surface area contributed by atoms with Crippen molar-refractivity contribution >= 4 is 11.5 Å². The zero-order valence-corrected chi connectivity index (χ0v) is 18.8. The smallest absolute Gasteiger partial charge is 0.343 e. The molecule has 0 fully saturated rings.